The second kappa shape index (κ2) is 5.35. The molecular formula is C12H12BrN3O. The van der Waals surface area contributed by atoms with E-state index in [-0.39, 0.29) is 6.54 Å². The summed E-state index contributed by atoms with van der Waals surface area (Å²) >= 11 is 3.38. The van der Waals surface area contributed by atoms with Crippen molar-refractivity contribution in [1.82, 2.24) is 9.97 Å². The molecule has 5 heteroatoms. The van der Waals surface area contributed by atoms with Crippen molar-refractivity contribution in [3.63, 3.8) is 0 Å². The Morgan fingerprint density at radius 1 is 1.24 bits per heavy atom. The molecule has 0 aliphatic heterocycles. The number of hydrogen-bond acceptors (Lipinski definition) is 4. The number of aromatic nitrogens is 2. The third-order valence-electron chi connectivity index (χ3n) is 2.34. The number of halogens is 1. The lowest BCUT2D eigenvalue weighted by Gasteiger charge is -2.07. The minimum atomic E-state index is -0.814. The Balaban J connectivity index is 2.36. The van der Waals surface area contributed by atoms with Crippen molar-refractivity contribution >= 4 is 15.9 Å². The Hall–Kier alpha value is -1.30. The summed E-state index contributed by atoms with van der Waals surface area (Å²) in [6, 6.07) is 9.58. The summed E-state index contributed by atoms with van der Waals surface area (Å²) in [7, 11) is 0. The highest BCUT2D eigenvalue weighted by molar-refractivity contribution is 9.10. The zero-order chi connectivity index (χ0) is 12.3. The molecule has 1 aromatic carbocycles. The van der Waals surface area contributed by atoms with E-state index in [0.29, 0.717) is 5.82 Å². The Kier molecular flexibility index (Phi) is 3.83. The molecular weight excluding hydrogens is 282 g/mol. The monoisotopic (exact) mass is 293 g/mol. The summed E-state index contributed by atoms with van der Waals surface area (Å²) in [6.45, 7) is 0.115. The maximum Gasteiger partial charge on any atom is 0.158 e. The number of benzene rings is 1. The van der Waals surface area contributed by atoms with Crippen molar-refractivity contribution in [3.05, 3.63) is 46.8 Å². The normalized spacial score (nSPS) is 12.4. The first-order chi connectivity index (χ1) is 8.20. The molecule has 0 saturated heterocycles. The van der Waals surface area contributed by atoms with Gasteiger partial charge in [-0.3, -0.25) is 0 Å². The van der Waals surface area contributed by atoms with Gasteiger partial charge in [0.25, 0.3) is 0 Å². The fourth-order valence-corrected chi connectivity index (χ4v) is 1.69. The summed E-state index contributed by atoms with van der Waals surface area (Å²) in [5.74, 6) is 0.355. The third kappa shape index (κ3) is 2.88. The van der Waals surface area contributed by atoms with Crippen LogP contribution in [0.5, 0.6) is 0 Å². The molecule has 17 heavy (non-hydrogen) atoms. The van der Waals surface area contributed by atoms with Gasteiger partial charge in [0.05, 0.1) is 5.69 Å². The summed E-state index contributed by atoms with van der Waals surface area (Å²) in [6.07, 6.45) is 0.809. The molecule has 0 amide bonds. The van der Waals surface area contributed by atoms with Crippen molar-refractivity contribution < 1.29 is 5.11 Å². The van der Waals surface area contributed by atoms with Gasteiger partial charge in [-0.15, -0.1) is 0 Å². The van der Waals surface area contributed by atoms with Crippen LogP contribution in [0.15, 0.2) is 41.0 Å². The number of aliphatic hydroxyl groups is 1. The highest BCUT2D eigenvalue weighted by Crippen LogP contribution is 2.20. The van der Waals surface area contributed by atoms with Crippen molar-refractivity contribution in [2.24, 2.45) is 5.73 Å². The average molecular weight is 294 g/mol. The van der Waals surface area contributed by atoms with Gasteiger partial charge in [-0.25, -0.2) is 9.97 Å². The number of hydrogen-bond donors (Lipinski definition) is 2. The SMILES string of the molecule is NCC(O)c1nccc(-c2ccc(Br)cc2)n1. The average Bonchev–Trinajstić information content (AvgIpc) is 2.39. The van der Waals surface area contributed by atoms with E-state index in [2.05, 4.69) is 25.9 Å². The summed E-state index contributed by atoms with van der Waals surface area (Å²) in [5, 5.41) is 9.59. The third-order valence-corrected chi connectivity index (χ3v) is 2.86. The maximum absolute atomic E-state index is 9.59. The quantitative estimate of drug-likeness (QED) is 0.907. The number of rotatable bonds is 3. The van der Waals surface area contributed by atoms with Crippen LogP contribution in [0.1, 0.15) is 11.9 Å². The molecule has 0 aliphatic rings. The van der Waals surface area contributed by atoms with E-state index in [1.54, 1.807) is 12.3 Å². The van der Waals surface area contributed by atoms with Gasteiger partial charge in [0.15, 0.2) is 5.82 Å². The highest BCUT2D eigenvalue weighted by Gasteiger charge is 2.09. The van der Waals surface area contributed by atoms with E-state index in [0.717, 1.165) is 15.7 Å². The van der Waals surface area contributed by atoms with E-state index < -0.39 is 6.10 Å². The Bertz CT molecular complexity index is 501. The zero-order valence-electron chi connectivity index (χ0n) is 9.05. The van der Waals surface area contributed by atoms with Crippen molar-refractivity contribution in [2.75, 3.05) is 6.54 Å². The zero-order valence-corrected chi connectivity index (χ0v) is 10.6. The molecule has 1 atom stereocenters. The number of aliphatic hydroxyl groups excluding tert-OH is 1. The first-order valence-electron chi connectivity index (χ1n) is 5.17. The minimum Gasteiger partial charge on any atom is -0.384 e. The second-order valence-electron chi connectivity index (χ2n) is 3.56. The van der Waals surface area contributed by atoms with E-state index >= 15 is 0 Å². The molecule has 0 saturated carbocycles. The molecule has 1 aromatic heterocycles. The molecule has 2 rings (SSSR count). The van der Waals surface area contributed by atoms with Crippen LogP contribution < -0.4 is 5.73 Å². The van der Waals surface area contributed by atoms with E-state index in [1.807, 2.05) is 24.3 Å². The van der Waals surface area contributed by atoms with Gasteiger partial charge in [0, 0.05) is 22.8 Å². The molecule has 0 bridgehead atoms. The fraction of sp³-hybridized carbons (Fsp3) is 0.167. The van der Waals surface area contributed by atoms with Gasteiger partial charge in [0.1, 0.15) is 6.10 Å². The Morgan fingerprint density at radius 3 is 2.59 bits per heavy atom. The predicted octanol–water partition coefficient (Wildman–Crippen LogP) is 1.90. The molecule has 4 nitrogen and oxygen atoms in total. The van der Waals surface area contributed by atoms with Gasteiger partial charge < -0.3 is 10.8 Å². The lowest BCUT2D eigenvalue weighted by Crippen LogP contribution is -2.14. The minimum absolute atomic E-state index is 0.115. The lowest BCUT2D eigenvalue weighted by molar-refractivity contribution is 0.176. The largest absolute Gasteiger partial charge is 0.384 e. The van der Waals surface area contributed by atoms with Gasteiger partial charge in [-0.05, 0) is 18.2 Å². The highest BCUT2D eigenvalue weighted by atomic mass is 79.9. The smallest absolute Gasteiger partial charge is 0.158 e. The molecule has 1 heterocycles. The second-order valence-corrected chi connectivity index (χ2v) is 4.47. The molecule has 0 fully saturated rings. The molecule has 1 unspecified atom stereocenters. The molecule has 0 radical (unpaired) electrons. The predicted molar refractivity (Wildman–Crippen MR) is 69.2 cm³/mol. The van der Waals surface area contributed by atoms with Crippen LogP contribution >= 0.6 is 15.9 Å². The Labute approximate surface area is 108 Å². The van der Waals surface area contributed by atoms with Crippen LogP contribution in [0.2, 0.25) is 0 Å². The van der Waals surface area contributed by atoms with E-state index in [1.165, 1.54) is 0 Å². The van der Waals surface area contributed by atoms with E-state index in [4.69, 9.17) is 5.73 Å². The lowest BCUT2D eigenvalue weighted by atomic mass is 10.1. The standard InChI is InChI=1S/C12H12BrN3O/c13-9-3-1-8(2-4-9)10-5-6-15-12(16-10)11(17)7-14/h1-6,11,17H,7,14H2. The van der Waals surface area contributed by atoms with E-state index in [9.17, 15) is 5.11 Å². The summed E-state index contributed by atoms with van der Waals surface area (Å²) in [5.41, 5.74) is 7.12. The molecule has 0 spiro atoms. The van der Waals surface area contributed by atoms with Crippen LogP contribution in [0.25, 0.3) is 11.3 Å². The topological polar surface area (TPSA) is 72.0 Å². The molecule has 3 N–H and O–H groups in total. The fourth-order valence-electron chi connectivity index (χ4n) is 1.42. The number of nitrogens with zero attached hydrogens (tertiary/aromatic N) is 2. The maximum atomic E-state index is 9.59. The van der Waals surface area contributed by atoms with Crippen LogP contribution in [0.4, 0.5) is 0 Å². The molecule has 2 aromatic rings. The Morgan fingerprint density at radius 2 is 1.94 bits per heavy atom. The number of nitrogens with two attached hydrogens (primary N) is 1. The van der Waals surface area contributed by atoms with Gasteiger partial charge in [0.2, 0.25) is 0 Å². The molecule has 88 valence electrons. The van der Waals surface area contributed by atoms with Crippen molar-refractivity contribution in [2.45, 2.75) is 6.10 Å². The summed E-state index contributed by atoms with van der Waals surface area (Å²) < 4.78 is 1.01. The van der Waals surface area contributed by atoms with Gasteiger partial charge >= 0.3 is 0 Å². The van der Waals surface area contributed by atoms with Crippen molar-refractivity contribution in [3.8, 4) is 11.3 Å². The van der Waals surface area contributed by atoms with Crippen LogP contribution in [-0.4, -0.2) is 21.6 Å². The first-order valence-corrected chi connectivity index (χ1v) is 5.97. The molecule has 0 aliphatic carbocycles. The van der Waals surface area contributed by atoms with Crippen molar-refractivity contribution in [1.29, 1.82) is 0 Å². The van der Waals surface area contributed by atoms with Crippen LogP contribution in [0.3, 0.4) is 0 Å². The van der Waals surface area contributed by atoms with Gasteiger partial charge in [-0.2, -0.15) is 0 Å². The first kappa shape index (κ1) is 12.2. The van der Waals surface area contributed by atoms with Gasteiger partial charge in [-0.1, -0.05) is 28.1 Å². The van der Waals surface area contributed by atoms with Crippen LogP contribution in [0, 0.1) is 0 Å². The van der Waals surface area contributed by atoms with Crippen LogP contribution in [-0.2, 0) is 0 Å². The summed E-state index contributed by atoms with van der Waals surface area (Å²) in [4.78, 5) is 8.29.